The van der Waals surface area contributed by atoms with E-state index in [1.54, 1.807) is 18.3 Å². The van der Waals surface area contributed by atoms with Gasteiger partial charge in [-0.2, -0.15) is 0 Å². The zero-order chi connectivity index (χ0) is 25.1. The molecular formula is C29H24FN5O2. The van der Waals surface area contributed by atoms with E-state index in [-0.39, 0.29) is 17.6 Å². The van der Waals surface area contributed by atoms with E-state index in [1.807, 2.05) is 18.2 Å². The average Bonchev–Trinajstić information content (AvgIpc) is 3.40. The first-order valence-electron chi connectivity index (χ1n) is 12.5. The normalized spacial score (nSPS) is 22.7. The molecule has 0 bridgehead atoms. The number of aromatic nitrogens is 2. The number of nitrogens with one attached hydrogen (secondary N) is 2. The lowest BCUT2D eigenvalue weighted by atomic mass is 9.79. The van der Waals surface area contributed by atoms with E-state index in [0.717, 1.165) is 38.9 Å². The Bertz CT molecular complexity index is 1590. The van der Waals surface area contributed by atoms with Crippen molar-refractivity contribution < 1.29 is 14.0 Å². The molecule has 2 N–H and O–H groups in total. The molecule has 37 heavy (non-hydrogen) atoms. The number of hydrogen-bond donors (Lipinski definition) is 2. The third kappa shape index (κ3) is 3.51. The molecule has 184 valence electrons. The monoisotopic (exact) mass is 493 g/mol. The van der Waals surface area contributed by atoms with E-state index in [0.29, 0.717) is 38.3 Å². The molecule has 1 aliphatic carbocycles. The lowest BCUT2D eigenvalue weighted by Crippen LogP contribution is -2.49. The minimum absolute atomic E-state index is 0.00492. The van der Waals surface area contributed by atoms with Gasteiger partial charge in [-0.15, -0.1) is 0 Å². The van der Waals surface area contributed by atoms with Crippen LogP contribution in [0.3, 0.4) is 0 Å². The maximum atomic E-state index is 13.5. The van der Waals surface area contributed by atoms with Gasteiger partial charge in [0.1, 0.15) is 17.7 Å². The van der Waals surface area contributed by atoms with Crippen LogP contribution in [0.5, 0.6) is 0 Å². The van der Waals surface area contributed by atoms with Crippen molar-refractivity contribution in [1.82, 2.24) is 20.2 Å². The molecule has 4 heterocycles. The molecule has 1 spiro atoms. The van der Waals surface area contributed by atoms with Crippen LogP contribution < -0.4 is 10.6 Å². The van der Waals surface area contributed by atoms with Gasteiger partial charge in [-0.3, -0.25) is 19.5 Å². The molecule has 4 aromatic rings. The second-order valence-corrected chi connectivity index (χ2v) is 10.1. The number of carbonyl (C=O) groups excluding carboxylic acids is 2. The number of amides is 2. The van der Waals surface area contributed by atoms with Gasteiger partial charge < -0.3 is 10.6 Å². The molecule has 1 fully saturated rings. The van der Waals surface area contributed by atoms with Crippen molar-refractivity contribution in [3.63, 3.8) is 0 Å². The summed E-state index contributed by atoms with van der Waals surface area (Å²) >= 11 is 0. The highest BCUT2D eigenvalue weighted by molar-refractivity contribution is 6.06. The molecule has 7 rings (SSSR count). The van der Waals surface area contributed by atoms with Crippen molar-refractivity contribution in [3.8, 4) is 0 Å². The maximum Gasteiger partial charge on any atom is 0.242 e. The van der Waals surface area contributed by atoms with Gasteiger partial charge >= 0.3 is 0 Å². The smallest absolute Gasteiger partial charge is 0.242 e. The van der Waals surface area contributed by atoms with Crippen molar-refractivity contribution in [2.24, 2.45) is 0 Å². The largest absolute Gasteiger partial charge is 0.353 e. The van der Waals surface area contributed by atoms with Gasteiger partial charge in [0.2, 0.25) is 11.8 Å². The predicted molar refractivity (Wildman–Crippen MR) is 136 cm³/mol. The van der Waals surface area contributed by atoms with E-state index in [2.05, 4.69) is 38.7 Å². The van der Waals surface area contributed by atoms with Crippen molar-refractivity contribution in [3.05, 3.63) is 101 Å². The number of fused-ring (bicyclic) bond motifs is 4. The summed E-state index contributed by atoms with van der Waals surface area (Å²) in [4.78, 5) is 37.2. The Morgan fingerprint density at radius 1 is 1.03 bits per heavy atom. The molecule has 1 saturated heterocycles. The van der Waals surface area contributed by atoms with Crippen LogP contribution in [0, 0.1) is 5.82 Å². The predicted octanol–water partition coefficient (Wildman–Crippen LogP) is 3.43. The molecule has 7 nitrogen and oxygen atoms in total. The van der Waals surface area contributed by atoms with Gasteiger partial charge in [-0.25, -0.2) is 9.37 Å². The number of pyridine rings is 2. The van der Waals surface area contributed by atoms with E-state index in [4.69, 9.17) is 4.98 Å². The standard InChI is InChI=1S/C29H24FN5O2/c30-21-6-3-17(4-7-21)25-27(36)32-10-11-35(25)16-22-8-5-18-12-19-14-29(15-20(19)13-24(18)33-22)23-2-1-9-31-26(23)34-28(29)37/h1-9,12-13,25H,10-11,14-16H2,(H,32,36)(H,31,34,37)/t25?,29-/m0/s1. The molecule has 2 amide bonds. The Balaban J connectivity index is 1.20. The van der Waals surface area contributed by atoms with Gasteiger partial charge in [0.25, 0.3) is 0 Å². The summed E-state index contributed by atoms with van der Waals surface area (Å²) < 4.78 is 13.5. The molecule has 8 heteroatoms. The first kappa shape index (κ1) is 22.1. The molecule has 2 aromatic carbocycles. The topological polar surface area (TPSA) is 87.2 Å². The Kier molecular flexibility index (Phi) is 4.87. The van der Waals surface area contributed by atoms with Crippen LogP contribution in [0.4, 0.5) is 10.2 Å². The summed E-state index contributed by atoms with van der Waals surface area (Å²) in [6, 6.07) is 17.8. The number of rotatable bonds is 3. The van der Waals surface area contributed by atoms with E-state index < -0.39 is 11.5 Å². The van der Waals surface area contributed by atoms with Gasteiger partial charge in [0, 0.05) is 36.8 Å². The Hall–Kier alpha value is -4.17. The van der Waals surface area contributed by atoms with Crippen molar-refractivity contribution >= 4 is 28.5 Å². The molecule has 2 aliphatic heterocycles. The highest BCUT2D eigenvalue weighted by Crippen LogP contribution is 2.47. The lowest BCUT2D eigenvalue weighted by molar-refractivity contribution is -0.129. The van der Waals surface area contributed by atoms with E-state index in [9.17, 15) is 14.0 Å². The maximum absolute atomic E-state index is 13.5. The lowest BCUT2D eigenvalue weighted by Gasteiger charge is -2.35. The summed E-state index contributed by atoms with van der Waals surface area (Å²) in [7, 11) is 0. The summed E-state index contributed by atoms with van der Waals surface area (Å²) in [5.41, 5.74) is 5.13. The first-order chi connectivity index (χ1) is 18.0. The quantitative estimate of drug-likeness (QED) is 0.457. The third-order valence-corrected chi connectivity index (χ3v) is 7.91. The van der Waals surface area contributed by atoms with Crippen LogP contribution in [-0.4, -0.2) is 39.8 Å². The minimum atomic E-state index is -0.615. The molecule has 1 unspecified atom stereocenters. The van der Waals surface area contributed by atoms with Gasteiger partial charge in [-0.1, -0.05) is 24.3 Å². The fourth-order valence-corrected chi connectivity index (χ4v) is 6.13. The van der Waals surface area contributed by atoms with Crippen LogP contribution in [0.1, 0.15) is 34.0 Å². The highest BCUT2D eigenvalue weighted by Gasteiger charge is 2.51. The SMILES string of the molecule is O=C1NCCN(Cc2ccc3cc4c(cc3n2)C[C@]2(C4)C(=O)Nc3ncccc32)C1c1ccc(F)cc1. The van der Waals surface area contributed by atoms with E-state index >= 15 is 0 Å². The number of nitrogens with zero attached hydrogens (tertiary/aromatic N) is 3. The summed E-state index contributed by atoms with van der Waals surface area (Å²) in [5, 5.41) is 6.91. The minimum Gasteiger partial charge on any atom is -0.353 e. The van der Waals surface area contributed by atoms with Crippen LogP contribution in [-0.2, 0) is 34.4 Å². The number of hydrogen-bond acceptors (Lipinski definition) is 5. The molecule has 0 radical (unpaired) electrons. The zero-order valence-electron chi connectivity index (χ0n) is 20.0. The van der Waals surface area contributed by atoms with Crippen LogP contribution in [0.15, 0.2) is 66.9 Å². The molecule has 2 atom stereocenters. The number of halogens is 1. The van der Waals surface area contributed by atoms with Crippen molar-refractivity contribution in [2.75, 3.05) is 18.4 Å². The van der Waals surface area contributed by atoms with Gasteiger partial charge in [-0.05, 0) is 65.9 Å². The molecule has 2 aromatic heterocycles. The Morgan fingerprint density at radius 2 is 1.84 bits per heavy atom. The van der Waals surface area contributed by atoms with Gasteiger partial charge in [0.15, 0.2) is 0 Å². The Morgan fingerprint density at radius 3 is 2.68 bits per heavy atom. The molecule has 3 aliphatic rings. The fourth-order valence-electron chi connectivity index (χ4n) is 6.13. The first-order valence-corrected chi connectivity index (χ1v) is 12.5. The second-order valence-electron chi connectivity index (χ2n) is 10.1. The van der Waals surface area contributed by atoms with Crippen molar-refractivity contribution in [2.45, 2.75) is 30.8 Å². The van der Waals surface area contributed by atoms with Crippen molar-refractivity contribution in [1.29, 1.82) is 0 Å². The zero-order valence-corrected chi connectivity index (χ0v) is 20.0. The van der Waals surface area contributed by atoms with Gasteiger partial charge in [0.05, 0.1) is 16.6 Å². The van der Waals surface area contributed by atoms with Crippen LogP contribution >= 0.6 is 0 Å². The Labute approximate surface area is 212 Å². The number of piperazine rings is 1. The van der Waals surface area contributed by atoms with E-state index in [1.165, 1.54) is 12.1 Å². The summed E-state index contributed by atoms with van der Waals surface area (Å²) in [6.07, 6.45) is 2.97. The summed E-state index contributed by atoms with van der Waals surface area (Å²) in [5.74, 6) is 0.245. The summed E-state index contributed by atoms with van der Waals surface area (Å²) in [6.45, 7) is 1.72. The van der Waals surface area contributed by atoms with Crippen LogP contribution in [0.2, 0.25) is 0 Å². The second kappa shape index (κ2) is 8.18. The molecular weight excluding hydrogens is 469 g/mol. The third-order valence-electron chi connectivity index (χ3n) is 7.91. The fraction of sp³-hybridized carbons (Fsp3) is 0.241. The average molecular weight is 494 g/mol. The number of anilines is 1. The highest BCUT2D eigenvalue weighted by atomic mass is 19.1. The number of carbonyl (C=O) groups is 2. The van der Waals surface area contributed by atoms with Crippen LogP contribution in [0.25, 0.3) is 10.9 Å². The number of benzene rings is 2. The molecule has 0 saturated carbocycles.